The van der Waals surface area contributed by atoms with Crippen molar-refractivity contribution in [2.75, 3.05) is 68.1 Å². The molecule has 4 heterocycles. The number of hydrogen-bond donors (Lipinski definition) is 2. The number of benzene rings is 6. The van der Waals surface area contributed by atoms with Crippen molar-refractivity contribution in [3.05, 3.63) is 228 Å². The Balaban J connectivity index is 0.678. The van der Waals surface area contributed by atoms with E-state index in [2.05, 4.69) is 79.4 Å². The van der Waals surface area contributed by atoms with Gasteiger partial charge < -0.3 is 48.1 Å². The van der Waals surface area contributed by atoms with E-state index in [0.29, 0.717) is 74.7 Å². The molecule has 10 rings (SSSR count). The number of phenolic OH excluding ortho intramolecular Hbond substituents is 2. The Kier molecular flexibility index (Phi) is 21.5. The van der Waals surface area contributed by atoms with E-state index in [1.54, 1.807) is 40.6 Å². The van der Waals surface area contributed by atoms with Crippen LogP contribution in [-0.2, 0) is 35.2 Å². The lowest BCUT2D eigenvalue weighted by molar-refractivity contribution is 0.0974. The first-order chi connectivity index (χ1) is 43.9. The summed E-state index contributed by atoms with van der Waals surface area (Å²) in [6.45, 7) is 10.4. The third kappa shape index (κ3) is 16.8. The number of aryl methyl sites for hydroxylation is 4. The summed E-state index contributed by atoms with van der Waals surface area (Å²) in [7, 11) is 6.66. The summed E-state index contributed by atoms with van der Waals surface area (Å²) >= 11 is 0. The van der Waals surface area contributed by atoms with Gasteiger partial charge in [0.15, 0.2) is 23.0 Å². The predicted molar refractivity (Wildman–Crippen MR) is 354 cm³/mol. The van der Waals surface area contributed by atoms with Gasteiger partial charge in [-0.2, -0.15) is 0 Å². The summed E-state index contributed by atoms with van der Waals surface area (Å²) in [5.74, 6) is 3.97. The molecule has 0 aliphatic carbocycles. The van der Waals surface area contributed by atoms with Gasteiger partial charge in [0, 0.05) is 47.1 Å². The largest absolute Gasteiger partial charge is 0.504 e. The number of pyridine rings is 4. The Bertz CT molecular complexity index is 3760. The third-order valence-corrected chi connectivity index (χ3v) is 15.3. The molecule has 460 valence electrons. The van der Waals surface area contributed by atoms with Crippen molar-refractivity contribution in [3.63, 3.8) is 0 Å². The van der Waals surface area contributed by atoms with E-state index in [1.807, 2.05) is 111 Å². The van der Waals surface area contributed by atoms with Crippen molar-refractivity contribution in [2.24, 2.45) is 0 Å². The van der Waals surface area contributed by atoms with Crippen LogP contribution >= 0.6 is 0 Å². The van der Waals surface area contributed by atoms with Gasteiger partial charge in [-0.25, -0.2) is 0 Å². The van der Waals surface area contributed by atoms with E-state index in [0.717, 1.165) is 131 Å². The molecule has 0 aliphatic rings. The van der Waals surface area contributed by atoms with Crippen molar-refractivity contribution in [1.82, 2.24) is 19.9 Å². The molecule has 0 aliphatic heterocycles. The van der Waals surface area contributed by atoms with E-state index in [-0.39, 0.29) is 24.7 Å². The Hall–Kier alpha value is -10.0. The first kappa shape index (κ1) is 63.0. The standard InChI is InChI=1S/C76H76N4O10/c1-50(40-57-12-8-16-73(75(57)81)89-38-36-87-34-10-14-63-44-61(55-22-30-67(85-6)31-23-55)48-71(79-63)69-46-59(42-51(2)77-69)53-18-26-65(83-4)27-19-53)41-58-13-9-17-74(76(58)82)90-39-37-88-35-11-15-64-45-62(56-24-32-68(86-7)33-25-56)49-72(80-64)70-47-60(43-52(3)78-70)54-20-28-66(84-5)29-21-54/h8-9,12-13,16-33,42-49,81-82H,1,10-11,14-15,34-41H2,2-7H3. The first-order valence-corrected chi connectivity index (χ1v) is 30.2. The second-order valence-corrected chi connectivity index (χ2v) is 21.9. The number of methoxy groups -OCH3 is 4. The molecule has 6 aromatic carbocycles. The highest BCUT2D eigenvalue weighted by molar-refractivity contribution is 5.76. The number of rotatable bonds is 30. The van der Waals surface area contributed by atoms with Crippen LogP contribution in [0.3, 0.4) is 0 Å². The van der Waals surface area contributed by atoms with Crippen LogP contribution in [0.15, 0.2) is 194 Å². The predicted octanol–water partition coefficient (Wildman–Crippen LogP) is 15.7. The minimum Gasteiger partial charge on any atom is -0.504 e. The van der Waals surface area contributed by atoms with Crippen molar-refractivity contribution in [1.29, 1.82) is 0 Å². The maximum atomic E-state index is 11.3. The van der Waals surface area contributed by atoms with E-state index in [1.165, 1.54) is 0 Å². The summed E-state index contributed by atoms with van der Waals surface area (Å²) < 4.78 is 45.8. The molecular formula is C76H76N4O10. The molecule has 0 unspecified atom stereocenters. The van der Waals surface area contributed by atoms with Crippen LogP contribution < -0.4 is 28.4 Å². The molecular weight excluding hydrogens is 1130 g/mol. The molecule has 0 amide bonds. The number of nitrogens with zero attached hydrogens (tertiary/aromatic N) is 4. The second-order valence-electron chi connectivity index (χ2n) is 21.9. The molecule has 0 saturated heterocycles. The highest BCUT2D eigenvalue weighted by atomic mass is 16.5. The molecule has 0 saturated carbocycles. The third-order valence-electron chi connectivity index (χ3n) is 15.3. The lowest BCUT2D eigenvalue weighted by atomic mass is 9.98. The Labute approximate surface area is 527 Å². The average Bonchev–Trinajstić information content (AvgIpc) is 1.42. The summed E-state index contributed by atoms with van der Waals surface area (Å²) in [6.07, 6.45) is 3.56. The smallest absolute Gasteiger partial charge is 0.161 e. The minimum atomic E-state index is 0.0419. The normalized spacial score (nSPS) is 11.1. The Morgan fingerprint density at radius 2 is 0.689 bits per heavy atom. The van der Waals surface area contributed by atoms with Gasteiger partial charge in [-0.05, 0) is 206 Å². The van der Waals surface area contributed by atoms with E-state index in [9.17, 15) is 10.2 Å². The lowest BCUT2D eigenvalue weighted by Gasteiger charge is -2.14. The fourth-order valence-electron chi connectivity index (χ4n) is 10.7. The van der Waals surface area contributed by atoms with E-state index < -0.39 is 0 Å². The zero-order valence-corrected chi connectivity index (χ0v) is 52.0. The summed E-state index contributed by atoms with van der Waals surface area (Å²) in [6, 6.07) is 59.7. The fourth-order valence-corrected chi connectivity index (χ4v) is 10.7. The van der Waals surface area contributed by atoms with Crippen LogP contribution in [0.4, 0.5) is 0 Å². The summed E-state index contributed by atoms with van der Waals surface area (Å²) in [5, 5.41) is 22.6. The average molecular weight is 1210 g/mol. The van der Waals surface area contributed by atoms with Crippen LogP contribution in [0.5, 0.6) is 46.0 Å². The number of hydrogen-bond acceptors (Lipinski definition) is 14. The molecule has 14 heteroatoms. The van der Waals surface area contributed by atoms with Crippen LogP contribution in [0.2, 0.25) is 0 Å². The van der Waals surface area contributed by atoms with Gasteiger partial charge in [-0.3, -0.25) is 19.9 Å². The van der Waals surface area contributed by atoms with Gasteiger partial charge in [0.2, 0.25) is 0 Å². The van der Waals surface area contributed by atoms with Crippen molar-refractivity contribution in [2.45, 2.75) is 52.4 Å². The molecule has 0 radical (unpaired) electrons. The molecule has 14 nitrogen and oxygen atoms in total. The molecule has 0 bridgehead atoms. The molecule has 2 N–H and O–H groups in total. The van der Waals surface area contributed by atoms with Crippen molar-refractivity contribution in [3.8, 4) is 113 Å². The number of aromatic hydroxyl groups is 2. The van der Waals surface area contributed by atoms with Gasteiger partial charge >= 0.3 is 0 Å². The molecule has 0 atom stereocenters. The van der Waals surface area contributed by atoms with Gasteiger partial charge in [0.1, 0.15) is 36.2 Å². The number of phenols is 2. The van der Waals surface area contributed by atoms with Gasteiger partial charge in [-0.15, -0.1) is 0 Å². The minimum absolute atomic E-state index is 0.0419. The molecule has 10 aromatic rings. The van der Waals surface area contributed by atoms with Crippen LogP contribution in [0.25, 0.3) is 67.3 Å². The number of para-hydroxylation sites is 2. The highest BCUT2D eigenvalue weighted by Gasteiger charge is 2.17. The van der Waals surface area contributed by atoms with E-state index in [4.69, 9.17) is 57.8 Å². The molecule has 4 aromatic heterocycles. The van der Waals surface area contributed by atoms with Gasteiger partial charge in [0.25, 0.3) is 0 Å². The Morgan fingerprint density at radius 1 is 0.367 bits per heavy atom. The van der Waals surface area contributed by atoms with Crippen LogP contribution in [0.1, 0.15) is 46.7 Å². The van der Waals surface area contributed by atoms with Crippen molar-refractivity contribution < 1.29 is 48.1 Å². The first-order valence-electron chi connectivity index (χ1n) is 30.2. The number of ether oxygens (including phenoxy) is 8. The quantitative estimate of drug-likeness (QED) is 0.0323. The molecule has 0 spiro atoms. The number of aromatic nitrogens is 4. The number of allylic oxidation sites excluding steroid dienone is 1. The monoisotopic (exact) mass is 1200 g/mol. The topological polar surface area (TPSA) is 166 Å². The Morgan fingerprint density at radius 3 is 1.02 bits per heavy atom. The maximum Gasteiger partial charge on any atom is 0.161 e. The van der Waals surface area contributed by atoms with Crippen LogP contribution in [-0.4, -0.2) is 98.2 Å². The molecule has 0 fully saturated rings. The zero-order chi connectivity index (χ0) is 62.8. The van der Waals surface area contributed by atoms with Crippen LogP contribution in [0, 0.1) is 13.8 Å². The van der Waals surface area contributed by atoms with E-state index >= 15 is 0 Å². The summed E-state index contributed by atoms with van der Waals surface area (Å²) in [4.78, 5) is 20.1. The van der Waals surface area contributed by atoms with Crippen molar-refractivity contribution >= 4 is 0 Å². The van der Waals surface area contributed by atoms with Gasteiger partial charge in [0.05, 0.1) is 64.4 Å². The fraction of sp³-hybridized carbons (Fsp3) is 0.237. The second kappa shape index (κ2) is 30.7. The van der Waals surface area contributed by atoms with Gasteiger partial charge in [-0.1, -0.05) is 84.9 Å². The lowest BCUT2D eigenvalue weighted by Crippen LogP contribution is -2.09. The molecule has 90 heavy (non-hydrogen) atoms. The maximum absolute atomic E-state index is 11.3. The SMILES string of the molecule is C=C(Cc1cccc(OCCOCCCc2cc(-c3ccc(OC)cc3)cc(-c3cc(-c4ccc(OC)cc4)cc(C)n3)n2)c1O)Cc1cccc(OCCOCCCc2cc(-c3ccc(OC)cc3)cc(-c3cc(-c4ccc(OC)cc4)cc(C)n3)n2)c1O. The summed E-state index contributed by atoms with van der Waals surface area (Å²) in [5.41, 5.74) is 17.2. The highest BCUT2D eigenvalue weighted by Crippen LogP contribution is 2.37. The zero-order valence-electron chi connectivity index (χ0n) is 52.0.